The first kappa shape index (κ1) is 10.5. The first-order chi connectivity index (χ1) is 8.83. The quantitative estimate of drug-likeness (QED) is 0.689. The van der Waals surface area contributed by atoms with Crippen LogP contribution in [0.3, 0.4) is 0 Å². The van der Waals surface area contributed by atoms with Gasteiger partial charge >= 0.3 is 5.63 Å². The fraction of sp³-hybridized carbons (Fsp3) is 0. The van der Waals surface area contributed by atoms with E-state index in [1.54, 1.807) is 48.7 Å². The molecule has 0 aliphatic rings. The Balaban J connectivity index is 2.06. The number of hydrogen-bond donors (Lipinski definition) is 0. The van der Waals surface area contributed by atoms with E-state index in [-0.39, 0.29) is 11.5 Å². The predicted octanol–water partition coefficient (Wildman–Crippen LogP) is 2.95. The Bertz CT molecular complexity index is 754. The van der Waals surface area contributed by atoms with Crippen molar-refractivity contribution < 1.29 is 8.83 Å². The fourth-order valence-corrected chi connectivity index (χ4v) is 1.65. The number of benzene rings is 1. The van der Waals surface area contributed by atoms with Crippen LogP contribution in [0.2, 0.25) is 0 Å². The van der Waals surface area contributed by atoms with E-state index in [0.717, 1.165) is 0 Å². The Labute approximate surface area is 102 Å². The highest BCUT2D eigenvalue weighted by Gasteiger charge is 2.02. The normalized spacial score (nSPS) is 11.3. The number of hydrogen-bond acceptors (Lipinski definition) is 4. The second-order valence-corrected chi connectivity index (χ2v) is 3.71. The second kappa shape index (κ2) is 4.33. The highest BCUT2D eigenvalue weighted by Crippen LogP contribution is 2.10. The molecule has 2 heterocycles. The van der Waals surface area contributed by atoms with Crippen LogP contribution in [-0.4, -0.2) is 4.98 Å². The maximum atomic E-state index is 11.7. The molecule has 0 saturated carbocycles. The van der Waals surface area contributed by atoms with E-state index in [9.17, 15) is 4.79 Å². The molecule has 0 bridgehead atoms. The summed E-state index contributed by atoms with van der Waals surface area (Å²) < 4.78 is 10.2. The fourth-order valence-electron chi connectivity index (χ4n) is 1.65. The number of nitrogens with zero attached hydrogens (tertiary/aromatic N) is 1. The van der Waals surface area contributed by atoms with Gasteiger partial charge in [0.05, 0.1) is 17.2 Å². The molecule has 0 fully saturated rings. The third kappa shape index (κ3) is 1.96. The molecule has 0 aliphatic heterocycles. The third-order valence-corrected chi connectivity index (χ3v) is 2.49. The number of aromatic nitrogens is 1. The number of furan rings is 1. The zero-order chi connectivity index (χ0) is 12.4. The first-order valence-corrected chi connectivity index (χ1v) is 5.44. The van der Waals surface area contributed by atoms with Crippen LogP contribution < -0.4 is 5.63 Å². The van der Waals surface area contributed by atoms with E-state index in [1.807, 2.05) is 6.07 Å². The van der Waals surface area contributed by atoms with Crippen molar-refractivity contribution in [1.82, 2.24) is 4.98 Å². The zero-order valence-corrected chi connectivity index (χ0v) is 9.37. The van der Waals surface area contributed by atoms with Crippen LogP contribution >= 0.6 is 0 Å². The van der Waals surface area contributed by atoms with Gasteiger partial charge in [0.2, 0.25) is 5.89 Å². The van der Waals surface area contributed by atoms with Crippen molar-refractivity contribution in [3.63, 3.8) is 0 Å². The maximum Gasteiger partial charge on any atom is 0.347 e. The van der Waals surface area contributed by atoms with E-state index in [1.165, 1.54) is 0 Å². The average molecular weight is 239 g/mol. The van der Waals surface area contributed by atoms with Crippen molar-refractivity contribution >= 4 is 23.1 Å². The lowest BCUT2D eigenvalue weighted by molar-refractivity contribution is 0.490. The number of para-hydroxylation sites is 1. The molecule has 0 saturated heterocycles. The van der Waals surface area contributed by atoms with Gasteiger partial charge in [-0.25, -0.2) is 9.78 Å². The molecule has 0 N–H and O–H groups in total. The van der Waals surface area contributed by atoms with Crippen molar-refractivity contribution in [2.45, 2.75) is 0 Å². The van der Waals surface area contributed by atoms with Gasteiger partial charge in [-0.1, -0.05) is 12.1 Å². The molecule has 0 amide bonds. The predicted molar refractivity (Wildman–Crippen MR) is 67.9 cm³/mol. The van der Waals surface area contributed by atoms with Crippen molar-refractivity contribution in [1.29, 1.82) is 0 Å². The third-order valence-electron chi connectivity index (χ3n) is 2.49. The van der Waals surface area contributed by atoms with Gasteiger partial charge in [0.1, 0.15) is 5.76 Å². The minimum atomic E-state index is -0.389. The van der Waals surface area contributed by atoms with E-state index in [0.29, 0.717) is 16.7 Å². The highest BCUT2D eigenvalue weighted by molar-refractivity contribution is 5.77. The molecule has 0 radical (unpaired) electrons. The molecule has 3 rings (SSSR count). The molecule has 3 aromatic rings. The molecule has 88 valence electrons. The Hall–Kier alpha value is -2.62. The van der Waals surface area contributed by atoms with E-state index < -0.39 is 0 Å². The Kier molecular flexibility index (Phi) is 2.53. The molecular formula is C14H9NO3. The Morgan fingerprint density at radius 1 is 1.06 bits per heavy atom. The minimum Gasteiger partial charge on any atom is -0.465 e. The SMILES string of the molecule is O=c1oc(/C=C/c2ccco2)nc2ccccc12. The summed E-state index contributed by atoms with van der Waals surface area (Å²) in [7, 11) is 0. The first-order valence-electron chi connectivity index (χ1n) is 5.44. The van der Waals surface area contributed by atoms with Crippen molar-refractivity contribution in [3.05, 3.63) is 64.7 Å². The summed E-state index contributed by atoms with van der Waals surface area (Å²) in [5.41, 5.74) is 0.229. The Morgan fingerprint density at radius 3 is 2.78 bits per heavy atom. The summed E-state index contributed by atoms with van der Waals surface area (Å²) in [4.78, 5) is 15.9. The Morgan fingerprint density at radius 2 is 1.94 bits per heavy atom. The summed E-state index contributed by atoms with van der Waals surface area (Å²) in [5.74, 6) is 0.933. The number of rotatable bonds is 2. The monoisotopic (exact) mass is 239 g/mol. The summed E-state index contributed by atoms with van der Waals surface area (Å²) in [6.07, 6.45) is 4.87. The van der Waals surface area contributed by atoms with E-state index in [4.69, 9.17) is 8.83 Å². The second-order valence-electron chi connectivity index (χ2n) is 3.71. The molecule has 1 aromatic carbocycles. The summed E-state index contributed by atoms with van der Waals surface area (Å²) in [5, 5.41) is 0.479. The lowest BCUT2D eigenvalue weighted by Crippen LogP contribution is -2.02. The molecule has 0 spiro atoms. The van der Waals surface area contributed by atoms with Gasteiger partial charge in [-0.2, -0.15) is 0 Å². The lowest BCUT2D eigenvalue weighted by atomic mass is 10.2. The molecule has 0 unspecified atom stereocenters. The molecule has 4 nitrogen and oxygen atoms in total. The lowest BCUT2D eigenvalue weighted by Gasteiger charge is -1.96. The largest absolute Gasteiger partial charge is 0.465 e. The van der Waals surface area contributed by atoms with Crippen LogP contribution in [0.1, 0.15) is 11.7 Å². The van der Waals surface area contributed by atoms with Crippen molar-refractivity contribution in [3.8, 4) is 0 Å². The summed E-state index contributed by atoms with van der Waals surface area (Å²) in [6.45, 7) is 0. The number of fused-ring (bicyclic) bond motifs is 1. The average Bonchev–Trinajstić information content (AvgIpc) is 2.90. The van der Waals surface area contributed by atoms with Crippen molar-refractivity contribution in [2.24, 2.45) is 0 Å². The van der Waals surface area contributed by atoms with Crippen LogP contribution in [0.25, 0.3) is 23.1 Å². The molecule has 0 atom stereocenters. The topological polar surface area (TPSA) is 56.2 Å². The van der Waals surface area contributed by atoms with Gasteiger partial charge in [-0.15, -0.1) is 0 Å². The smallest absolute Gasteiger partial charge is 0.347 e. The molecule has 4 heteroatoms. The summed E-state index contributed by atoms with van der Waals surface area (Å²) in [6, 6.07) is 10.7. The molecular weight excluding hydrogens is 230 g/mol. The minimum absolute atomic E-state index is 0.259. The zero-order valence-electron chi connectivity index (χ0n) is 9.37. The van der Waals surface area contributed by atoms with Gasteiger partial charge in [-0.05, 0) is 30.3 Å². The van der Waals surface area contributed by atoms with Gasteiger partial charge < -0.3 is 8.83 Å². The van der Waals surface area contributed by atoms with Crippen LogP contribution in [0.15, 0.2) is 56.3 Å². The van der Waals surface area contributed by atoms with Crippen LogP contribution in [-0.2, 0) is 0 Å². The van der Waals surface area contributed by atoms with Gasteiger partial charge in [0, 0.05) is 6.08 Å². The maximum absolute atomic E-state index is 11.7. The van der Waals surface area contributed by atoms with Crippen LogP contribution in [0, 0.1) is 0 Å². The van der Waals surface area contributed by atoms with E-state index >= 15 is 0 Å². The standard InChI is InChI=1S/C14H9NO3/c16-14-11-5-1-2-6-12(11)15-13(18-14)8-7-10-4-3-9-17-10/h1-9H/b8-7+. The van der Waals surface area contributed by atoms with Crippen LogP contribution in [0.5, 0.6) is 0 Å². The van der Waals surface area contributed by atoms with Gasteiger partial charge in [0.15, 0.2) is 0 Å². The summed E-state index contributed by atoms with van der Waals surface area (Å²) >= 11 is 0. The van der Waals surface area contributed by atoms with E-state index in [2.05, 4.69) is 4.98 Å². The van der Waals surface area contributed by atoms with Gasteiger partial charge in [0.25, 0.3) is 0 Å². The molecule has 2 aromatic heterocycles. The highest BCUT2D eigenvalue weighted by atomic mass is 16.4. The van der Waals surface area contributed by atoms with Gasteiger partial charge in [-0.3, -0.25) is 0 Å². The van der Waals surface area contributed by atoms with Crippen molar-refractivity contribution in [2.75, 3.05) is 0 Å². The molecule has 0 aliphatic carbocycles. The molecule has 18 heavy (non-hydrogen) atoms. The van der Waals surface area contributed by atoms with Crippen LogP contribution in [0.4, 0.5) is 0 Å².